The van der Waals surface area contributed by atoms with Crippen molar-refractivity contribution in [1.29, 1.82) is 0 Å². The van der Waals surface area contributed by atoms with Gasteiger partial charge in [0.2, 0.25) is 0 Å². The van der Waals surface area contributed by atoms with Gasteiger partial charge in [0.05, 0.1) is 5.56 Å². The lowest BCUT2D eigenvalue weighted by atomic mass is 10.1. The highest BCUT2D eigenvalue weighted by Gasteiger charge is 2.30. The van der Waals surface area contributed by atoms with E-state index in [0.717, 1.165) is 12.1 Å². The maximum absolute atomic E-state index is 12.7. The molecule has 27 heavy (non-hydrogen) atoms. The molecule has 10 heteroatoms. The quantitative estimate of drug-likeness (QED) is 0.555. The Morgan fingerprint density at radius 2 is 1.89 bits per heavy atom. The minimum Gasteiger partial charge on any atom is -0.368 e. The van der Waals surface area contributed by atoms with Crippen molar-refractivity contribution in [2.24, 2.45) is 5.73 Å². The monoisotopic (exact) mass is 440 g/mol. The largest absolute Gasteiger partial charge is 0.416 e. The highest BCUT2D eigenvalue weighted by atomic mass is 79.9. The Labute approximate surface area is 161 Å². The van der Waals surface area contributed by atoms with E-state index in [1.165, 1.54) is 12.1 Å². The van der Waals surface area contributed by atoms with Crippen molar-refractivity contribution >= 4 is 21.7 Å². The van der Waals surface area contributed by atoms with Crippen LogP contribution in [0.25, 0.3) is 22.9 Å². The van der Waals surface area contributed by atoms with Crippen LogP contribution in [0.2, 0.25) is 0 Å². The first-order valence-electron chi connectivity index (χ1n) is 8.00. The lowest BCUT2D eigenvalue weighted by Crippen LogP contribution is -2.25. The topological polar surface area (TPSA) is 92.5 Å². The van der Waals surface area contributed by atoms with Crippen molar-refractivity contribution in [3.63, 3.8) is 0 Å². The van der Waals surface area contributed by atoms with Crippen molar-refractivity contribution in [3.05, 3.63) is 46.7 Å². The molecular weight excluding hydrogens is 425 g/mol. The highest BCUT2D eigenvalue weighted by molar-refractivity contribution is 9.10. The molecule has 1 aromatic carbocycles. The van der Waals surface area contributed by atoms with Crippen LogP contribution >= 0.6 is 15.9 Å². The Morgan fingerprint density at radius 1 is 1.19 bits per heavy atom. The van der Waals surface area contributed by atoms with E-state index in [9.17, 15) is 13.2 Å². The Kier molecular flexibility index (Phi) is 5.47. The average molecular weight is 441 g/mol. The van der Waals surface area contributed by atoms with Crippen LogP contribution in [-0.4, -0.2) is 32.5 Å². The molecule has 3 rings (SSSR count). The van der Waals surface area contributed by atoms with E-state index in [2.05, 4.69) is 41.2 Å². The Morgan fingerprint density at radius 3 is 2.52 bits per heavy atom. The van der Waals surface area contributed by atoms with Gasteiger partial charge in [0.1, 0.15) is 21.9 Å². The average Bonchev–Trinajstić information content (AvgIpc) is 3.01. The summed E-state index contributed by atoms with van der Waals surface area (Å²) in [6.45, 7) is 2.42. The first-order valence-corrected chi connectivity index (χ1v) is 8.79. The molecule has 0 saturated heterocycles. The molecule has 1 atom stereocenters. The smallest absolute Gasteiger partial charge is 0.368 e. The standard InChI is InChI=1S/C17H16BrF3N6/c1-9(22)8-24-12-6-7-23-16(25-12)13-14(18)27-15(26-13)10-2-4-11(5-3-10)17(19,20)21/h2-7,9H,8,22H2,1H3,(H,26,27)(H,23,24,25). The van der Waals surface area contributed by atoms with Crippen molar-refractivity contribution < 1.29 is 13.2 Å². The van der Waals surface area contributed by atoms with Crippen molar-refractivity contribution in [2.45, 2.75) is 19.1 Å². The van der Waals surface area contributed by atoms with Crippen LogP contribution in [0.4, 0.5) is 19.0 Å². The molecule has 2 heterocycles. The number of nitrogens with zero attached hydrogens (tertiary/aromatic N) is 3. The fourth-order valence-corrected chi connectivity index (χ4v) is 2.75. The summed E-state index contributed by atoms with van der Waals surface area (Å²) >= 11 is 3.34. The molecule has 0 aliphatic rings. The second-order valence-electron chi connectivity index (χ2n) is 5.95. The summed E-state index contributed by atoms with van der Waals surface area (Å²) in [5, 5.41) is 3.10. The first kappa shape index (κ1) is 19.3. The zero-order valence-corrected chi connectivity index (χ0v) is 15.8. The van der Waals surface area contributed by atoms with Crippen LogP contribution in [0.1, 0.15) is 12.5 Å². The third-order valence-electron chi connectivity index (χ3n) is 3.63. The van der Waals surface area contributed by atoms with Crippen LogP contribution < -0.4 is 11.1 Å². The number of imidazole rings is 1. The van der Waals surface area contributed by atoms with Crippen LogP contribution in [0.3, 0.4) is 0 Å². The zero-order chi connectivity index (χ0) is 19.6. The zero-order valence-electron chi connectivity index (χ0n) is 14.2. The molecule has 0 spiro atoms. The van der Waals surface area contributed by atoms with Crippen LogP contribution in [0.5, 0.6) is 0 Å². The summed E-state index contributed by atoms with van der Waals surface area (Å²) in [5.74, 6) is 1.40. The molecule has 0 aliphatic heterocycles. The third-order valence-corrected chi connectivity index (χ3v) is 4.20. The Balaban J connectivity index is 1.88. The number of anilines is 1. The number of nitrogens with one attached hydrogen (secondary N) is 2. The van der Waals surface area contributed by atoms with E-state index in [-0.39, 0.29) is 6.04 Å². The molecule has 4 N–H and O–H groups in total. The predicted molar refractivity (Wildman–Crippen MR) is 99.9 cm³/mol. The number of aromatic nitrogens is 4. The van der Waals surface area contributed by atoms with Gasteiger partial charge in [-0.1, -0.05) is 12.1 Å². The maximum atomic E-state index is 12.7. The number of aromatic amines is 1. The predicted octanol–water partition coefficient (Wildman–Crippen LogP) is 4.07. The van der Waals surface area contributed by atoms with Crippen LogP contribution in [0, 0.1) is 0 Å². The van der Waals surface area contributed by atoms with Crippen molar-refractivity contribution in [1.82, 2.24) is 19.9 Å². The van der Waals surface area contributed by atoms with E-state index in [4.69, 9.17) is 5.73 Å². The van der Waals surface area contributed by atoms with Crippen molar-refractivity contribution in [2.75, 3.05) is 11.9 Å². The van der Waals surface area contributed by atoms with Gasteiger partial charge in [-0.15, -0.1) is 0 Å². The second-order valence-corrected chi connectivity index (χ2v) is 6.70. The molecule has 1 unspecified atom stereocenters. The fraction of sp³-hybridized carbons (Fsp3) is 0.235. The number of hydrogen-bond acceptors (Lipinski definition) is 5. The van der Waals surface area contributed by atoms with Crippen molar-refractivity contribution in [3.8, 4) is 22.9 Å². The summed E-state index contributed by atoms with van der Waals surface area (Å²) < 4.78 is 38.6. The van der Waals surface area contributed by atoms with Gasteiger partial charge in [-0.2, -0.15) is 13.2 Å². The molecule has 2 aromatic heterocycles. The van der Waals surface area contributed by atoms with Crippen LogP contribution in [-0.2, 0) is 6.18 Å². The van der Waals surface area contributed by atoms with E-state index in [1.54, 1.807) is 12.3 Å². The summed E-state index contributed by atoms with van der Waals surface area (Å²) in [6, 6.07) is 6.43. The number of halogens is 4. The number of hydrogen-bond donors (Lipinski definition) is 3. The molecule has 0 bridgehead atoms. The molecule has 0 aliphatic carbocycles. The molecule has 6 nitrogen and oxygen atoms in total. The minimum atomic E-state index is -4.38. The van der Waals surface area contributed by atoms with E-state index in [0.29, 0.717) is 39.9 Å². The molecule has 142 valence electrons. The number of alkyl halides is 3. The number of H-pyrrole nitrogens is 1. The summed E-state index contributed by atoms with van der Waals surface area (Å²) in [4.78, 5) is 16.0. The van der Waals surface area contributed by atoms with Gasteiger partial charge in [0.15, 0.2) is 5.82 Å². The molecule has 0 saturated carbocycles. The van der Waals surface area contributed by atoms with Gasteiger partial charge in [-0.25, -0.2) is 15.0 Å². The molecular formula is C17H16BrF3N6. The van der Waals surface area contributed by atoms with Gasteiger partial charge in [0, 0.05) is 24.3 Å². The van der Waals surface area contributed by atoms with E-state index in [1.807, 2.05) is 6.92 Å². The SMILES string of the molecule is CC(N)CNc1ccnc(-c2[nH]c(-c3ccc(C(F)(F)F)cc3)nc2Br)n1. The molecule has 0 fully saturated rings. The van der Waals surface area contributed by atoms with Gasteiger partial charge < -0.3 is 16.0 Å². The summed E-state index contributed by atoms with van der Waals surface area (Å²) in [7, 11) is 0. The first-order chi connectivity index (χ1) is 12.7. The van der Waals surface area contributed by atoms with E-state index < -0.39 is 11.7 Å². The van der Waals surface area contributed by atoms with Gasteiger partial charge in [-0.3, -0.25) is 0 Å². The third kappa shape index (κ3) is 4.64. The maximum Gasteiger partial charge on any atom is 0.416 e. The summed E-state index contributed by atoms with van der Waals surface area (Å²) in [6.07, 6.45) is -2.79. The second kappa shape index (κ2) is 7.65. The minimum absolute atomic E-state index is 0.0337. The molecule has 0 amide bonds. The lowest BCUT2D eigenvalue weighted by molar-refractivity contribution is -0.137. The molecule has 3 aromatic rings. The number of rotatable bonds is 5. The normalized spacial score (nSPS) is 12.8. The Hall–Kier alpha value is -2.46. The molecule has 0 radical (unpaired) electrons. The van der Waals surface area contributed by atoms with Crippen LogP contribution in [0.15, 0.2) is 41.1 Å². The van der Waals surface area contributed by atoms with Gasteiger partial charge in [-0.05, 0) is 41.1 Å². The fourth-order valence-electron chi connectivity index (χ4n) is 2.30. The Bertz CT molecular complexity index is 921. The van der Waals surface area contributed by atoms with Gasteiger partial charge in [0.25, 0.3) is 0 Å². The lowest BCUT2D eigenvalue weighted by Gasteiger charge is -2.08. The summed E-state index contributed by atoms with van der Waals surface area (Å²) in [5.41, 5.74) is 6.04. The van der Waals surface area contributed by atoms with Gasteiger partial charge >= 0.3 is 6.18 Å². The number of benzene rings is 1. The highest BCUT2D eigenvalue weighted by Crippen LogP contribution is 2.32. The number of nitrogens with two attached hydrogens (primary N) is 1. The van der Waals surface area contributed by atoms with E-state index >= 15 is 0 Å².